The fraction of sp³-hybridized carbons (Fsp3) is 0.588. The summed E-state index contributed by atoms with van der Waals surface area (Å²) in [7, 11) is 1.52. The summed E-state index contributed by atoms with van der Waals surface area (Å²) < 4.78 is 4.87. The van der Waals surface area contributed by atoms with E-state index in [2.05, 4.69) is 22.3 Å². The zero-order valence-electron chi connectivity index (χ0n) is 13.7. The number of methoxy groups -OCH3 is 1. The van der Waals surface area contributed by atoms with E-state index in [9.17, 15) is 9.90 Å². The molecule has 0 radical (unpaired) electrons. The molecular weight excluding hydrogens is 294 g/mol. The van der Waals surface area contributed by atoms with Crippen molar-refractivity contribution in [2.45, 2.75) is 38.1 Å². The lowest BCUT2D eigenvalue weighted by molar-refractivity contribution is -0.123. The van der Waals surface area contributed by atoms with E-state index >= 15 is 0 Å². The van der Waals surface area contributed by atoms with Crippen LogP contribution in [0, 0.1) is 0 Å². The van der Waals surface area contributed by atoms with E-state index in [4.69, 9.17) is 10.5 Å². The van der Waals surface area contributed by atoms with Gasteiger partial charge in [0.2, 0.25) is 5.91 Å². The van der Waals surface area contributed by atoms with Crippen molar-refractivity contribution in [1.82, 2.24) is 10.2 Å². The molecule has 0 spiro atoms. The van der Waals surface area contributed by atoms with Crippen LogP contribution in [-0.2, 0) is 22.6 Å². The average molecular weight is 321 g/mol. The fourth-order valence-electron chi connectivity index (χ4n) is 2.67. The van der Waals surface area contributed by atoms with E-state index < -0.39 is 6.04 Å². The molecule has 1 aliphatic rings. The van der Waals surface area contributed by atoms with Crippen LogP contribution in [0.15, 0.2) is 24.3 Å². The Hall–Kier alpha value is -1.47. The van der Waals surface area contributed by atoms with Gasteiger partial charge < -0.3 is 20.9 Å². The molecule has 1 aliphatic heterocycles. The first-order valence-corrected chi connectivity index (χ1v) is 8.09. The molecule has 0 saturated carbocycles. The van der Waals surface area contributed by atoms with E-state index in [0.29, 0.717) is 6.54 Å². The van der Waals surface area contributed by atoms with E-state index in [1.807, 2.05) is 12.1 Å². The van der Waals surface area contributed by atoms with E-state index in [0.717, 1.165) is 38.0 Å². The molecule has 1 saturated heterocycles. The van der Waals surface area contributed by atoms with Gasteiger partial charge in [-0.25, -0.2) is 0 Å². The molecule has 23 heavy (non-hydrogen) atoms. The van der Waals surface area contributed by atoms with Crippen LogP contribution in [0.25, 0.3) is 0 Å². The number of nitrogens with one attached hydrogen (secondary N) is 1. The maximum Gasteiger partial charge on any atom is 0.239 e. The summed E-state index contributed by atoms with van der Waals surface area (Å²) >= 11 is 0. The van der Waals surface area contributed by atoms with Gasteiger partial charge in [-0.2, -0.15) is 0 Å². The number of hydrogen-bond acceptors (Lipinski definition) is 5. The van der Waals surface area contributed by atoms with Crippen LogP contribution >= 0.6 is 0 Å². The van der Waals surface area contributed by atoms with Gasteiger partial charge in [0.05, 0.1) is 12.7 Å². The predicted octanol–water partition coefficient (Wildman–Crippen LogP) is 0.233. The lowest BCUT2D eigenvalue weighted by atomic mass is 10.1. The lowest BCUT2D eigenvalue weighted by Crippen LogP contribution is -2.43. The summed E-state index contributed by atoms with van der Waals surface area (Å²) in [4.78, 5) is 14.1. The molecule has 1 unspecified atom stereocenters. The summed E-state index contributed by atoms with van der Waals surface area (Å²) in [5.41, 5.74) is 7.96. The molecule has 2 rings (SSSR count). The van der Waals surface area contributed by atoms with Gasteiger partial charge >= 0.3 is 0 Å². The Morgan fingerprint density at radius 2 is 1.96 bits per heavy atom. The van der Waals surface area contributed by atoms with Gasteiger partial charge in [-0.1, -0.05) is 24.3 Å². The minimum absolute atomic E-state index is 0.137. The molecule has 0 aromatic heterocycles. The second-order valence-electron chi connectivity index (χ2n) is 6.10. The highest BCUT2D eigenvalue weighted by Crippen LogP contribution is 2.14. The fourth-order valence-corrected chi connectivity index (χ4v) is 2.67. The van der Waals surface area contributed by atoms with Gasteiger partial charge in [0.1, 0.15) is 6.04 Å². The van der Waals surface area contributed by atoms with Crippen molar-refractivity contribution < 1.29 is 14.6 Å². The van der Waals surface area contributed by atoms with Crippen LogP contribution < -0.4 is 11.1 Å². The van der Waals surface area contributed by atoms with Crippen LogP contribution in [0.4, 0.5) is 0 Å². The Kier molecular flexibility index (Phi) is 6.98. The molecule has 128 valence electrons. The van der Waals surface area contributed by atoms with Crippen LogP contribution in [0.5, 0.6) is 0 Å². The van der Waals surface area contributed by atoms with Crippen molar-refractivity contribution in [3.8, 4) is 0 Å². The molecule has 1 aromatic rings. The minimum atomic E-state index is -0.631. The molecule has 4 N–H and O–H groups in total. The second kappa shape index (κ2) is 8.98. The van der Waals surface area contributed by atoms with Gasteiger partial charge in [0.15, 0.2) is 0 Å². The molecule has 1 atom stereocenters. The third kappa shape index (κ3) is 5.91. The highest BCUT2D eigenvalue weighted by Gasteiger charge is 2.17. The summed E-state index contributed by atoms with van der Waals surface area (Å²) in [6.45, 7) is 3.46. The van der Waals surface area contributed by atoms with Gasteiger partial charge in [-0.3, -0.25) is 9.69 Å². The van der Waals surface area contributed by atoms with Gasteiger partial charge in [-0.05, 0) is 24.0 Å². The summed E-state index contributed by atoms with van der Waals surface area (Å²) in [6.07, 6.45) is 1.57. The summed E-state index contributed by atoms with van der Waals surface area (Å²) in [5.74, 6) is -0.206. The van der Waals surface area contributed by atoms with Crippen molar-refractivity contribution in [2.24, 2.45) is 5.73 Å². The van der Waals surface area contributed by atoms with Crippen molar-refractivity contribution in [1.29, 1.82) is 0 Å². The topological polar surface area (TPSA) is 87.8 Å². The maximum atomic E-state index is 11.7. The van der Waals surface area contributed by atoms with Gasteiger partial charge in [-0.15, -0.1) is 0 Å². The summed E-state index contributed by atoms with van der Waals surface area (Å²) in [6, 6.07) is 7.59. The first kappa shape index (κ1) is 17.9. The largest absolute Gasteiger partial charge is 0.393 e. The normalized spacial score (nSPS) is 17.9. The number of hydrogen-bond donors (Lipinski definition) is 3. The number of benzene rings is 1. The Labute approximate surface area is 137 Å². The van der Waals surface area contributed by atoms with E-state index in [1.54, 1.807) is 0 Å². The Bertz CT molecular complexity index is 484. The van der Waals surface area contributed by atoms with Gasteiger partial charge in [0, 0.05) is 33.3 Å². The Morgan fingerprint density at radius 1 is 1.35 bits per heavy atom. The summed E-state index contributed by atoms with van der Waals surface area (Å²) in [5, 5.41) is 12.3. The molecule has 1 heterocycles. The molecule has 1 aromatic carbocycles. The number of piperidine rings is 1. The van der Waals surface area contributed by atoms with Crippen molar-refractivity contribution in [3.63, 3.8) is 0 Å². The highest BCUT2D eigenvalue weighted by molar-refractivity contribution is 5.81. The monoisotopic (exact) mass is 321 g/mol. The molecule has 1 fully saturated rings. The standard InChI is InChI=1S/C17H27N3O3/c1-23-12-16(18)17(22)19-10-13-2-4-14(5-3-13)11-20-8-6-15(21)7-9-20/h2-5,15-16,21H,6-12,18H2,1H3,(H,19,22). The molecule has 1 amide bonds. The molecule has 6 nitrogen and oxygen atoms in total. The third-order valence-electron chi connectivity index (χ3n) is 4.14. The predicted molar refractivity (Wildman–Crippen MR) is 88.7 cm³/mol. The van der Waals surface area contributed by atoms with Crippen molar-refractivity contribution in [2.75, 3.05) is 26.8 Å². The number of likely N-dealkylation sites (tertiary alicyclic amines) is 1. The Balaban J connectivity index is 1.77. The number of amides is 1. The maximum absolute atomic E-state index is 11.7. The zero-order chi connectivity index (χ0) is 16.7. The number of aliphatic hydroxyl groups excluding tert-OH is 1. The van der Waals surface area contributed by atoms with Gasteiger partial charge in [0.25, 0.3) is 0 Å². The number of ether oxygens (including phenoxy) is 1. The third-order valence-corrected chi connectivity index (χ3v) is 4.14. The number of nitrogens with zero attached hydrogens (tertiary/aromatic N) is 1. The van der Waals surface area contributed by atoms with Crippen LogP contribution in [0.2, 0.25) is 0 Å². The molecular formula is C17H27N3O3. The Morgan fingerprint density at radius 3 is 2.57 bits per heavy atom. The number of nitrogens with two attached hydrogens (primary N) is 1. The minimum Gasteiger partial charge on any atom is -0.393 e. The zero-order valence-corrected chi connectivity index (χ0v) is 13.7. The van der Waals surface area contributed by atoms with Crippen LogP contribution in [0.3, 0.4) is 0 Å². The average Bonchev–Trinajstić information content (AvgIpc) is 2.56. The first-order chi connectivity index (χ1) is 11.1. The van der Waals surface area contributed by atoms with E-state index in [-0.39, 0.29) is 18.6 Å². The van der Waals surface area contributed by atoms with Crippen molar-refractivity contribution >= 4 is 5.91 Å². The van der Waals surface area contributed by atoms with Crippen LogP contribution in [-0.4, -0.2) is 54.9 Å². The molecule has 0 bridgehead atoms. The molecule has 0 aliphatic carbocycles. The number of aliphatic hydroxyl groups is 1. The lowest BCUT2D eigenvalue weighted by Gasteiger charge is -2.29. The second-order valence-corrected chi connectivity index (χ2v) is 6.10. The molecule has 6 heteroatoms. The smallest absolute Gasteiger partial charge is 0.239 e. The first-order valence-electron chi connectivity index (χ1n) is 8.09. The number of carbonyl (C=O) groups excluding carboxylic acids is 1. The number of carbonyl (C=O) groups is 1. The van der Waals surface area contributed by atoms with Crippen molar-refractivity contribution in [3.05, 3.63) is 35.4 Å². The highest BCUT2D eigenvalue weighted by atomic mass is 16.5. The SMILES string of the molecule is COCC(N)C(=O)NCc1ccc(CN2CCC(O)CC2)cc1. The number of rotatable bonds is 7. The quantitative estimate of drug-likeness (QED) is 0.669. The van der Waals surface area contributed by atoms with E-state index in [1.165, 1.54) is 12.7 Å². The van der Waals surface area contributed by atoms with Crippen LogP contribution in [0.1, 0.15) is 24.0 Å².